The first-order chi connectivity index (χ1) is 9.77. The van der Waals surface area contributed by atoms with E-state index >= 15 is 0 Å². The highest BCUT2D eigenvalue weighted by Gasteiger charge is 2.26. The van der Waals surface area contributed by atoms with Crippen LogP contribution in [-0.4, -0.2) is 4.89 Å². The fraction of sp³-hybridized carbons (Fsp3) is 0.250. The molecule has 5 heteroatoms. The van der Waals surface area contributed by atoms with E-state index in [2.05, 4.69) is 0 Å². The lowest BCUT2D eigenvalue weighted by Crippen LogP contribution is -2.02. The molecule has 0 amide bonds. The Kier molecular flexibility index (Phi) is 4.40. The van der Waals surface area contributed by atoms with Crippen LogP contribution in [-0.2, 0) is 4.57 Å². The smallest absolute Gasteiger partial charge is 0.395 e. The highest BCUT2D eigenvalue weighted by atomic mass is 31.2. The molecule has 0 saturated heterocycles. The fourth-order valence-electron chi connectivity index (χ4n) is 1.88. The van der Waals surface area contributed by atoms with Gasteiger partial charge in [0.2, 0.25) is 0 Å². The summed E-state index contributed by atoms with van der Waals surface area (Å²) in [5, 5.41) is 0. The van der Waals surface area contributed by atoms with E-state index in [9.17, 15) is 9.46 Å². The van der Waals surface area contributed by atoms with Crippen molar-refractivity contribution < 1.29 is 18.5 Å². The largest absolute Gasteiger partial charge is 0.584 e. The van der Waals surface area contributed by atoms with E-state index in [1.54, 1.807) is 12.1 Å². The monoisotopic (exact) mass is 306 g/mol. The van der Waals surface area contributed by atoms with Gasteiger partial charge in [0.25, 0.3) is 0 Å². The van der Waals surface area contributed by atoms with Crippen molar-refractivity contribution in [3.05, 3.63) is 58.7 Å². The Morgan fingerprint density at radius 3 is 1.57 bits per heavy atom. The van der Waals surface area contributed by atoms with E-state index in [4.69, 9.17) is 9.05 Å². The maximum absolute atomic E-state index is 12.2. The third-order valence-electron chi connectivity index (χ3n) is 3.11. The minimum Gasteiger partial charge on any atom is -0.395 e. The number of phosphoric acid groups is 1. The molecule has 0 saturated carbocycles. The predicted octanol–water partition coefficient (Wildman–Crippen LogP) is 4.48. The van der Waals surface area contributed by atoms with Crippen LogP contribution in [0.5, 0.6) is 11.5 Å². The molecular weight excluding hydrogens is 287 g/mol. The second kappa shape index (κ2) is 5.92. The Labute approximate surface area is 125 Å². The third kappa shape index (κ3) is 4.10. The highest BCUT2D eigenvalue weighted by Crippen LogP contribution is 2.46. The summed E-state index contributed by atoms with van der Waals surface area (Å²) in [6, 6.07) is 10.9. The van der Waals surface area contributed by atoms with Crippen LogP contribution >= 0.6 is 7.82 Å². The Hall–Kier alpha value is -1.77. The van der Waals surface area contributed by atoms with Crippen molar-refractivity contribution in [1.29, 1.82) is 0 Å². The summed E-state index contributed by atoms with van der Waals surface area (Å²) in [6.45, 7) is 7.40. The fourth-order valence-corrected chi connectivity index (χ4v) is 2.81. The van der Waals surface area contributed by atoms with Gasteiger partial charge in [-0.15, -0.1) is 0 Å². The van der Waals surface area contributed by atoms with Crippen LogP contribution in [0.25, 0.3) is 0 Å². The standard InChI is InChI=1S/C16H19O4P/c1-11-5-7-13(3)15(9-11)19-21(17,18)20-16-10-12(2)6-8-14(16)4/h5-10H,1-4H3,(H,17,18). The normalized spacial score (nSPS) is 11.3. The summed E-state index contributed by atoms with van der Waals surface area (Å²) >= 11 is 0. The molecule has 4 nitrogen and oxygen atoms in total. The van der Waals surface area contributed by atoms with E-state index in [0.717, 1.165) is 22.3 Å². The molecule has 0 unspecified atom stereocenters. The van der Waals surface area contributed by atoms with Crippen LogP contribution in [0.1, 0.15) is 22.3 Å². The number of hydrogen-bond acceptors (Lipinski definition) is 3. The molecule has 2 aromatic carbocycles. The van der Waals surface area contributed by atoms with E-state index in [0.29, 0.717) is 11.5 Å². The van der Waals surface area contributed by atoms with Gasteiger partial charge in [-0.1, -0.05) is 24.3 Å². The van der Waals surface area contributed by atoms with E-state index < -0.39 is 7.82 Å². The van der Waals surface area contributed by atoms with Crippen molar-refractivity contribution in [1.82, 2.24) is 0 Å². The number of rotatable bonds is 4. The van der Waals surface area contributed by atoms with E-state index in [1.807, 2.05) is 52.0 Å². The molecule has 21 heavy (non-hydrogen) atoms. The molecule has 2 aromatic rings. The maximum atomic E-state index is 12.2. The van der Waals surface area contributed by atoms with Gasteiger partial charge in [0.05, 0.1) is 0 Å². The molecule has 0 spiro atoms. The van der Waals surface area contributed by atoms with Crippen molar-refractivity contribution >= 4 is 7.82 Å². The van der Waals surface area contributed by atoms with Crippen molar-refractivity contribution in [3.63, 3.8) is 0 Å². The van der Waals surface area contributed by atoms with Gasteiger partial charge in [0.1, 0.15) is 11.5 Å². The summed E-state index contributed by atoms with van der Waals surface area (Å²) in [5.74, 6) is 0.706. The lowest BCUT2D eigenvalue weighted by atomic mass is 10.1. The molecule has 0 aliphatic rings. The molecule has 0 bridgehead atoms. The zero-order chi connectivity index (χ0) is 15.6. The van der Waals surface area contributed by atoms with Gasteiger partial charge in [0.15, 0.2) is 0 Å². The Balaban J connectivity index is 2.24. The van der Waals surface area contributed by atoms with Crippen molar-refractivity contribution in [2.45, 2.75) is 27.7 Å². The van der Waals surface area contributed by atoms with Crippen LogP contribution in [0.2, 0.25) is 0 Å². The lowest BCUT2D eigenvalue weighted by molar-refractivity contribution is 0.289. The van der Waals surface area contributed by atoms with Gasteiger partial charge in [-0.2, -0.15) is 0 Å². The first-order valence-corrected chi connectivity index (χ1v) is 8.13. The summed E-state index contributed by atoms with van der Waals surface area (Å²) in [4.78, 5) is 9.96. The number of aryl methyl sites for hydroxylation is 4. The van der Waals surface area contributed by atoms with Crippen LogP contribution in [0.15, 0.2) is 36.4 Å². The average Bonchev–Trinajstić information content (AvgIpc) is 2.37. The van der Waals surface area contributed by atoms with Gasteiger partial charge in [-0.05, 0) is 62.1 Å². The SMILES string of the molecule is Cc1ccc(C)c(OP(=O)(O)Oc2cc(C)ccc2C)c1. The third-order valence-corrected chi connectivity index (χ3v) is 3.97. The Bertz CT molecular complexity index is 652. The van der Waals surface area contributed by atoms with Crippen LogP contribution in [0.4, 0.5) is 0 Å². The molecule has 112 valence electrons. The van der Waals surface area contributed by atoms with Crippen LogP contribution in [0, 0.1) is 27.7 Å². The summed E-state index contributed by atoms with van der Waals surface area (Å²) in [5.41, 5.74) is 3.45. The summed E-state index contributed by atoms with van der Waals surface area (Å²) < 4.78 is 22.6. The summed E-state index contributed by atoms with van der Waals surface area (Å²) in [6.07, 6.45) is 0. The van der Waals surface area contributed by atoms with Gasteiger partial charge in [-0.3, -0.25) is 4.89 Å². The molecule has 0 aliphatic heterocycles. The molecule has 0 radical (unpaired) electrons. The molecule has 0 aliphatic carbocycles. The minimum absolute atomic E-state index is 0.353. The predicted molar refractivity (Wildman–Crippen MR) is 82.9 cm³/mol. The van der Waals surface area contributed by atoms with E-state index in [-0.39, 0.29) is 0 Å². The minimum atomic E-state index is -4.23. The Morgan fingerprint density at radius 1 is 0.810 bits per heavy atom. The van der Waals surface area contributed by atoms with E-state index in [1.165, 1.54) is 0 Å². The zero-order valence-electron chi connectivity index (χ0n) is 12.6. The number of benzene rings is 2. The number of hydrogen-bond donors (Lipinski definition) is 1. The van der Waals surface area contributed by atoms with Gasteiger partial charge >= 0.3 is 7.82 Å². The van der Waals surface area contributed by atoms with Crippen LogP contribution < -0.4 is 9.05 Å². The Morgan fingerprint density at radius 2 is 1.19 bits per heavy atom. The molecule has 0 fully saturated rings. The van der Waals surface area contributed by atoms with Gasteiger partial charge in [-0.25, -0.2) is 4.57 Å². The quantitative estimate of drug-likeness (QED) is 0.846. The molecule has 1 N–H and O–H groups in total. The lowest BCUT2D eigenvalue weighted by Gasteiger charge is -2.17. The second-order valence-electron chi connectivity index (χ2n) is 5.19. The molecular formula is C16H19O4P. The first kappa shape index (κ1) is 15.6. The van der Waals surface area contributed by atoms with Gasteiger partial charge in [0, 0.05) is 0 Å². The molecule has 0 atom stereocenters. The summed E-state index contributed by atoms with van der Waals surface area (Å²) in [7, 11) is -4.23. The zero-order valence-corrected chi connectivity index (χ0v) is 13.5. The van der Waals surface area contributed by atoms with Crippen molar-refractivity contribution in [3.8, 4) is 11.5 Å². The van der Waals surface area contributed by atoms with Crippen LogP contribution in [0.3, 0.4) is 0 Å². The highest BCUT2D eigenvalue weighted by molar-refractivity contribution is 7.48. The average molecular weight is 306 g/mol. The molecule has 0 heterocycles. The second-order valence-corrected chi connectivity index (χ2v) is 6.49. The number of phosphoric ester groups is 1. The molecule has 0 aromatic heterocycles. The maximum Gasteiger partial charge on any atom is 0.584 e. The molecule has 2 rings (SSSR count). The van der Waals surface area contributed by atoms with Crippen molar-refractivity contribution in [2.24, 2.45) is 0 Å². The first-order valence-electron chi connectivity index (χ1n) is 6.63. The van der Waals surface area contributed by atoms with Crippen molar-refractivity contribution in [2.75, 3.05) is 0 Å². The van der Waals surface area contributed by atoms with Gasteiger partial charge < -0.3 is 9.05 Å². The topological polar surface area (TPSA) is 55.8 Å².